The highest BCUT2D eigenvalue weighted by Crippen LogP contribution is 2.28. The highest BCUT2D eigenvalue weighted by molar-refractivity contribution is 7.39. The molecule has 4 nitrogen and oxygen atoms in total. The molecule has 1 aromatic rings. The Bertz CT molecular complexity index is 237. The van der Waals surface area contributed by atoms with E-state index in [0.717, 1.165) is 5.56 Å². The Kier molecular flexibility index (Phi) is 3.44. The average molecular weight is 187 g/mol. The molecule has 66 valence electrons. The van der Waals surface area contributed by atoms with Crippen molar-refractivity contribution >= 4 is 8.60 Å². The van der Waals surface area contributed by atoms with E-state index in [0.29, 0.717) is 12.3 Å². The van der Waals surface area contributed by atoms with E-state index in [-0.39, 0.29) is 0 Å². The summed E-state index contributed by atoms with van der Waals surface area (Å²) in [7, 11) is -2.32. The van der Waals surface area contributed by atoms with Crippen molar-refractivity contribution in [2.45, 2.75) is 6.54 Å². The molecule has 0 saturated carbocycles. The van der Waals surface area contributed by atoms with Gasteiger partial charge in [0.1, 0.15) is 5.75 Å². The fourth-order valence-electron chi connectivity index (χ4n) is 0.781. The molecule has 0 bridgehead atoms. The molecule has 0 aromatic heterocycles. The van der Waals surface area contributed by atoms with Crippen LogP contribution >= 0.6 is 8.60 Å². The van der Waals surface area contributed by atoms with E-state index < -0.39 is 8.60 Å². The van der Waals surface area contributed by atoms with Gasteiger partial charge in [-0.15, -0.1) is 0 Å². The van der Waals surface area contributed by atoms with Crippen LogP contribution in [0.25, 0.3) is 0 Å². The minimum Gasteiger partial charge on any atom is -0.427 e. The van der Waals surface area contributed by atoms with Crippen LogP contribution in [0.2, 0.25) is 0 Å². The van der Waals surface area contributed by atoms with Crippen LogP contribution in [0.15, 0.2) is 24.3 Å². The summed E-state index contributed by atoms with van der Waals surface area (Å²) in [4.78, 5) is 17.0. The van der Waals surface area contributed by atoms with Gasteiger partial charge in [0.05, 0.1) is 0 Å². The summed E-state index contributed by atoms with van der Waals surface area (Å²) in [6, 6.07) is 6.83. The first kappa shape index (κ1) is 9.42. The van der Waals surface area contributed by atoms with Gasteiger partial charge in [-0.3, -0.25) is 0 Å². The lowest BCUT2D eigenvalue weighted by Crippen LogP contribution is -1.95. The van der Waals surface area contributed by atoms with Crippen LogP contribution in [0, 0.1) is 0 Å². The standard InChI is InChI=1S/C7H10NO3P/c8-5-6-1-3-7(4-2-6)11-12(9)10/h1-4,9-10H,5,8H2. The van der Waals surface area contributed by atoms with E-state index in [4.69, 9.17) is 15.5 Å². The Hall–Kier alpha value is -0.670. The first-order chi connectivity index (χ1) is 5.72. The lowest BCUT2D eigenvalue weighted by atomic mass is 10.2. The van der Waals surface area contributed by atoms with Crippen molar-refractivity contribution in [2.75, 3.05) is 0 Å². The maximum Gasteiger partial charge on any atom is 0.391 e. The number of hydrogen-bond donors (Lipinski definition) is 3. The zero-order valence-electron chi connectivity index (χ0n) is 6.34. The van der Waals surface area contributed by atoms with Gasteiger partial charge >= 0.3 is 8.60 Å². The molecule has 0 radical (unpaired) electrons. The summed E-state index contributed by atoms with van der Waals surface area (Å²) in [6.07, 6.45) is 0. The van der Waals surface area contributed by atoms with Gasteiger partial charge in [0.25, 0.3) is 0 Å². The average Bonchev–Trinajstić information content (AvgIpc) is 2.05. The largest absolute Gasteiger partial charge is 0.427 e. The van der Waals surface area contributed by atoms with E-state index in [1.54, 1.807) is 24.3 Å². The van der Waals surface area contributed by atoms with Gasteiger partial charge in [-0.1, -0.05) is 12.1 Å². The maximum absolute atomic E-state index is 8.51. The molecule has 0 fully saturated rings. The number of rotatable bonds is 3. The molecule has 1 rings (SSSR count). The van der Waals surface area contributed by atoms with Gasteiger partial charge in [-0.2, -0.15) is 0 Å². The predicted molar refractivity (Wildman–Crippen MR) is 46.3 cm³/mol. The Morgan fingerprint density at radius 2 is 1.83 bits per heavy atom. The highest BCUT2D eigenvalue weighted by Gasteiger charge is 2.01. The molecule has 0 aliphatic rings. The van der Waals surface area contributed by atoms with Crippen molar-refractivity contribution in [1.29, 1.82) is 0 Å². The molecule has 0 amide bonds. The Morgan fingerprint density at radius 1 is 1.25 bits per heavy atom. The van der Waals surface area contributed by atoms with E-state index in [1.807, 2.05) is 0 Å². The second-order valence-corrected chi connectivity index (χ2v) is 2.88. The smallest absolute Gasteiger partial charge is 0.391 e. The SMILES string of the molecule is NCc1ccc(OP(O)O)cc1. The minimum atomic E-state index is -2.32. The fraction of sp³-hybridized carbons (Fsp3) is 0.143. The Balaban J connectivity index is 2.65. The summed E-state index contributed by atoms with van der Waals surface area (Å²) in [5.74, 6) is 0.434. The first-order valence-corrected chi connectivity index (χ1v) is 4.54. The molecule has 0 unspecified atom stereocenters. The normalized spacial score (nSPS) is 10.3. The quantitative estimate of drug-likeness (QED) is 0.610. The van der Waals surface area contributed by atoms with Crippen molar-refractivity contribution in [3.63, 3.8) is 0 Å². The molecule has 0 aliphatic carbocycles. The van der Waals surface area contributed by atoms with Gasteiger partial charge in [-0.25, -0.2) is 0 Å². The van der Waals surface area contributed by atoms with Gasteiger partial charge in [0, 0.05) is 6.54 Å². The lowest BCUT2D eigenvalue weighted by Gasteiger charge is -2.05. The van der Waals surface area contributed by atoms with Gasteiger partial charge in [0.2, 0.25) is 0 Å². The summed E-state index contributed by atoms with van der Waals surface area (Å²) >= 11 is 0. The molecule has 0 aliphatic heterocycles. The van der Waals surface area contributed by atoms with E-state index in [2.05, 4.69) is 4.52 Å². The van der Waals surface area contributed by atoms with Crippen LogP contribution in [-0.2, 0) is 6.54 Å². The molecule has 1 aromatic carbocycles. The third-order valence-corrected chi connectivity index (χ3v) is 1.72. The predicted octanol–water partition coefficient (Wildman–Crippen LogP) is 0.736. The second-order valence-electron chi connectivity index (χ2n) is 2.19. The number of nitrogens with two attached hydrogens (primary N) is 1. The minimum absolute atomic E-state index is 0.434. The third kappa shape index (κ3) is 2.75. The first-order valence-electron chi connectivity index (χ1n) is 3.37. The van der Waals surface area contributed by atoms with Crippen molar-refractivity contribution in [2.24, 2.45) is 5.73 Å². The third-order valence-electron chi connectivity index (χ3n) is 1.35. The van der Waals surface area contributed by atoms with Gasteiger partial charge < -0.3 is 20.0 Å². The topological polar surface area (TPSA) is 75.7 Å². The maximum atomic E-state index is 8.51. The molecular weight excluding hydrogens is 177 g/mol. The van der Waals surface area contributed by atoms with Crippen molar-refractivity contribution in [3.8, 4) is 5.75 Å². The number of hydrogen-bond acceptors (Lipinski definition) is 4. The van der Waals surface area contributed by atoms with Crippen LogP contribution in [0.1, 0.15) is 5.56 Å². The molecule has 0 heterocycles. The van der Waals surface area contributed by atoms with Crippen LogP contribution in [0.5, 0.6) is 5.75 Å². The van der Waals surface area contributed by atoms with Crippen molar-refractivity contribution in [3.05, 3.63) is 29.8 Å². The molecule has 12 heavy (non-hydrogen) atoms. The molecular formula is C7H10NO3P. The van der Waals surface area contributed by atoms with Crippen LogP contribution in [-0.4, -0.2) is 9.79 Å². The zero-order chi connectivity index (χ0) is 8.97. The second kappa shape index (κ2) is 4.38. The van der Waals surface area contributed by atoms with E-state index in [9.17, 15) is 0 Å². The monoisotopic (exact) mass is 187 g/mol. The lowest BCUT2D eigenvalue weighted by molar-refractivity contribution is 0.375. The molecule has 5 heteroatoms. The molecule has 0 spiro atoms. The highest BCUT2D eigenvalue weighted by atomic mass is 31.2. The zero-order valence-corrected chi connectivity index (χ0v) is 7.24. The summed E-state index contributed by atoms with van der Waals surface area (Å²) in [6.45, 7) is 0.466. The van der Waals surface area contributed by atoms with E-state index in [1.165, 1.54) is 0 Å². The van der Waals surface area contributed by atoms with Crippen LogP contribution < -0.4 is 10.3 Å². The van der Waals surface area contributed by atoms with Gasteiger partial charge in [0.15, 0.2) is 0 Å². The molecule has 4 N–H and O–H groups in total. The van der Waals surface area contributed by atoms with E-state index >= 15 is 0 Å². The summed E-state index contributed by atoms with van der Waals surface area (Å²) in [5.41, 5.74) is 6.34. The van der Waals surface area contributed by atoms with Crippen molar-refractivity contribution < 1.29 is 14.3 Å². The molecule has 0 saturated heterocycles. The van der Waals surface area contributed by atoms with Crippen LogP contribution in [0.4, 0.5) is 0 Å². The summed E-state index contributed by atoms with van der Waals surface area (Å²) in [5, 5.41) is 0. The Morgan fingerprint density at radius 3 is 2.25 bits per heavy atom. The Labute approximate surface area is 71.6 Å². The number of benzene rings is 1. The summed E-state index contributed by atoms with van der Waals surface area (Å²) < 4.78 is 4.65. The fourth-order valence-corrected chi connectivity index (χ4v) is 1.09. The van der Waals surface area contributed by atoms with Crippen LogP contribution in [0.3, 0.4) is 0 Å². The molecule has 0 atom stereocenters. The van der Waals surface area contributed by atoms with Crippen molar-refractivity contribution in [1.82, 2.24) is 0 Å². The van der Waals surface area contributed by atoms with Gasteiger partial charge in [-0.05, 0) is 17.7 Å².